The van der Waals surface area contributed by atoms with Gasteiger partial charge >= 0.3 is 0 Å². The predicted octanol–water partition coefficient (Wildman–Crippen LogP) is 5.17. The molecule has 0 aliphatic heterocycles. The van der Waals surface area contributed by atoms with Crippen molar-refractivity contribution in [1.82, 2.24) is 15.0 Å². The second-order valence-electron chi connectivity index (χ2n) is 6.71. The highest BCUT2D eigenvalue weighted by Crippen LogP contribution is 2.24. The van der Waals surface area contributed by atoms with Crippen LogP contribution in [0.15, 0.2) is 79.3 Å². The number of carbonyl (C=O) groups is 1. The van der Waals surface area contributed by atoms with Crippen LogP contribution in [0, 0.1) is 10.1 Å². The first kappa shape index (κ1) is 21.7. The second kappa shape index (κ2) is 9.71. The Morgan fingerprint density at radius 2 is 1.58 bits per heavy atom. The minimum atomic E-state index is -0.575. The molecule has 2 aromatic heterocycles. The molecule has 0 spiro atoms. The van der Waals surface area contributed by atoms with E-state index >= 15 is 0 Å². The topological polar surface area (TPSA) is 135 Å². The lowest BCUT2D eigenvalue weighted by molar-refractivity contribution is -0.384. The van der Waals surface area contributed by atoms with E-state index in [0.29, 0.717) is 23.1 Å². The molecule has 11 heteroatoms. The van der Waals surface area contributed by atoms with Crippen LogP contribution in [0.5, 0.6) is 0 Å². The molecule has 164 valence electrons. The first-order valence-corrected chi connectivity index (χ1v) is 9.98. The summed E-state index contributed by atoms with van der Waals surface area (Å²) in [5.74, 6) is 1.33. The Hall–Kier alpha value is -4.57. The molecular formula is C22H16ClN7O3. The molecular weight excluding hydrogens is 446 g/mol. The van der Waals surface area contributed by atoms with Crippen molar-refractivity contribution in [3.05, 3.63) is 100.0 Å². The molecule has 3 N–H and O–H groups in total. The number of non-ortho nitro benzene ring substituents is 1. The van der Waals surface area contributed by atoms with Crippen molar-refractivity contribution in [2.75, 3.05) is 16.0 Å². The summed E-state index contributed by atoms with van der Waals surface area (Å²) < 4.78 is 0. The Balaban J connectivity index is 1.40. The van der Waals surface area contributed by atoms with Crippen LogP contribution in [0.4, 0.5) is 34.5 Å². The minimum absolute atomic E-state index is 0.00105. The average Bonchev–Trinajstić information content (AvgIpc) is 2.81. The molecule has 0 saturated carbocycles. The molecule has 0 saturated heterocycles. The number of nitro groups is 1. The van der Waals surface area contributed by atoms with Gasteiger partial charge in [0, 0.05) is 35.8 Å². The van der Waals surface area contributed by atoms with Crippen LogP contribution in [0.25, 0.3) is 0 Å². The maximum atomic E-state index is 12.5. The maximum Gasteiger partial charge on any atom is 0.270 e. The fraction of sp³-hybridized carbons (Fsp3) is 0. The molecule has 0 aliphatic carbocycles. The van der Waals surface area contributed by atoms with Gasteiger partial charge < -0.3 is 16.0 Å². The minimum Gasteiger partial charge on any atom is -0.340 e. The van der Waals surface area contributed by atoms with Gasteiger partial charge in [-0.25, -0.2) is 15.0 Å². The van der Waals surface area contributed by atoms with Gasteiger partial charge in [0.2, 0.25) is 0 Å². The summed E-state index contributed by atoms with van der Waals surface area (Å²) in [7, 11) is 0. The number of nitrogens with one attached hydrogen (secondary N) is 3. The van der Waals surface area contributed by atoms with Crippen LogP contribution in [0.1, 0.15) is 10.4 Å². The third kappa shape index (κ3) is 5.57. The summed E-state index contributed by atoms with van der Waals surface area (Å²) in [4.78, 5) is 35.3. The van der Waals surface area contributed by atoms with Crippen molar-refractivity contribution in [2.45, 2.75) is 0 Å². The van der Waals surface area contributed by atoms with Gasteiger partial charge in [-0.05, 0) is 42.5 Å². The third-order valence-corrected chi connectivity index (χ3v) is 4.72. The molecule has 0 radical (unpaired) electrons. The van der Waals surface area contributed by atoms with Gasteiger partial charge in [0.15, 0.2) is 0 Å². The summed E-state index contributed by atoms with van der Waals surface area (Å²) >= 11 is 6.02. The van der Waals surface area contributed by atoms with E-state index in [4.69, 9.17) is 11.6 Å². The van der Waals surface area contributed by atoms with E-state index in [2.05, 4.69) is 30.9 Å². The number of aromatic nitrogens is 3. The zero-order chi connectivity index (χ0) is 23.2. The van der Waals surface area contributed by atoms with Gasteiger partial charge in [-0.3, -0.25) is 14.9 Å². The quantitative estimate of drug-likeness (QED) is 0.253. The summed E-state index contributed by atoms with van der Waals surface area (Å²) in [6, 6.07) is 17.9. The lowest BCUT2D eigenvalue weighted by atomic mass is 10.2. The average molecular weight is 462 g/mol. The van der Waals surface area contributed by atoms with E-state index in [0.717, 1.165) is 11.8 Å². The van der Waals surface area contributed by atoms with Crippen molar-refractivity contribution in [3.8, 4) is 0 Å². The molecule has 33 heavy (non-hydrogen) atoms. The summed E-state index contributed by atoms with van der Waals surface area (Å²) in [6.07, 6.45) is 3.11. The number of benzene rings is 2. The van der Waals surface area contributed by atoms with Crippen molar-refractivity contribution in [3.63, 3.8) is 0 Å². The van der Waals surface area contributed by atoms with Crippen LogP contribution in [-0.2, 0) is 0 Å². The third-order valence-electron chi connectivity index (χ3n) is 4.41. The second-order valence-corrected chi connectivity index (χ2v) is 7.11. The van der Waals surface area contributed by atoms with E-state index in [9.17, 15) is 14.9 Å². The SMILES string of the molecule is O=C(Nc1ccc(Nc2cc(Nc3ccccn3)ncn2)cc1)c1ccc([N+](=O)[O-])cc1Cl. The number of nitro benzene ring substituents is 1. The highest BCUT2D eigenvalue weighted by molar-refractivity contribution is 6.34. The fourth-order valence-corrected chi connectivity index (χ4v) is 3.11. The Labute approximate surface area is 192 Å². The molecule has 2 heterocycles. The number of hydrogen-bond donors (Lipinski definition) is 3. The van der Waals surface area contributed by atoms with Gasteiger partial charge in [0.05, 0.1) is 15.5 Å². The van der Waals surface area contributed by atoms with E-state index in [1.807, 2.05) is 18.2 Å². The molecule has 10 nitrogen and oxygen atoms in total. The molecule has 0 atom stereocenters. The first-order chi connectivity index (χ1) is 16.0. The number of amides is 1. The van der Waals surface area contributed by atoms with Crippen molar-refractivity contribution in [1.29, 1.82) is 0 Å². The lowest BCUT2D eigenvalue weighted by Gasteiger charge is -2.10. The predicted molar refractivity (Wildman–Crippen MR) is 125 cm³/mol. The van der Waals surface area contributed by atoms with E-state index in [1.165, 1.54) is 18.5 Å². The first-order valence-electron chi connectivity index (χ1n) is 9.60. The Morgan fingerprint density at radius 1 is 0.848 bits per heavy atom. The van der Waals surface area contributed by atoms with Gasteiger partial charge in [0.25, 0.3) is 11.6 Å². The highest BCUT2D eigenvalue weighted by Gasteiger charge is 2.15. The summed E-state index contributed by atoms with van der Waals surface area (Å²) in [5.41, 5.74) is 1.22. The summed E-state index contributed by atoms with van der Waals surface area (Å²) in [6.45, 7) is 0. The standard InChI is InChI=1S/C22H16ClN7O3/c23-18-11-16(30(32)33)8-9-17(18)22(31)28-15-6-4-14(5-7-15)27-20-12-21(26-13-25-20)29-19-3-1-2-10-24-19/h1-13H,(H,28,31)(H2,24,25,26,27,29). The number of hydrogen-bond acceptors (Lipinski definition) is 8. The van der Waals surface area contributed by atoms with E-state index in [-0.39, 0.29) is 16.3 Å². The lowest BCUT2D eigenvalue weighted by Crippen LogP contribution is -2.12. The molecule has 4 aromatic rings. The zero-order valence-electron chi connectivity index (χ0n) is 16.9. The molecule has 4 rings (SSSR count). The largest absolute Gasteiger partial charge is 0.340 e. The maximum absolute atomic E-state index is 12.5. The number of pyridine rings is 1. The number of rotatable bonds is 7. The smallest absolute Gasteiger partial charge is 0.270 e. The van der Waals surface area contributed by atoms with Gasteiger partial charge in [-0.15, -0.1) is 0 Å². The molecule has 0 aliphatic rings. The molecule has 2 aromatic carbocycles. The van der Waals surface area contributed by atoms with Gasteiger partial charge in [-0.1, -0.05) is 17.7 Å². The number of halogens is 1. The van der Waals surface area contributed by atoms with Gasteiger partial charge in [-0.2, -0.15) is 0 Å². The fourth-order valence-electron chi connectivity index (χ4n) is 2.85. The van der Waals surface area contributed by atoms with Gasteiger partial charge in [0.1, 0.15) is 23.8 Å². The molecule has 0 unspecified atom stereocenters. The van der Waals surface area contributed by atoms with Crippen molar-refractivity contribution >= 4 is 52.0 Å². The summed E-state index contributed by atoms with van der Waals surface area (Å²) in [5, 5.41) is 19.8. The number of nitrogens with zero attached hydrogens (tertiary/aromatic N) is 4. The van der Waals surface area contributed by atoms with Crippen LogP contribution >= 0.6 is 11.6 Å². The monoisotopic (exact) mass is 461 g/mol. The molecule has 1 amide bonds. The zero-order valence-corrected chi connectivity index (χ0v) is 17.7. The Bertz CT molecular complexity index is 1300. The Kier molecular flexibility index (Phi) is 6.37. The molecule has 0 fully saturated rings. The van der Waals surface area contributed by atoms with E-state index in [1.54, 1.807) is 36.5 Å². The normalized spacial score (nSPS) is 10.3. The van der Waals surface area contributed by atoms with Crippen LogP contribution in [0.3, 0.4) is 0 Å². The number of carbonyl (C=O) groups excluding carboxylic acids is 1. The Morgan fingerprint density at radius 3 is 2.24 bits per heavy atom. The van der Waals surface area contributed by atoms with Crippen LogP contribution < -0.4 is 16.0 Å². The van der Waals surface area contributed by atoms with Crippen LogP contribution in [-0.4, -0.2) is 25.8 Å². The number of anilines is 5. The molecule has 0 bridgehead atoms. The van der Waals surface area contributed by atoms with Crippen molar-refractivity contribution in [2.24, 2.45) is 0 Å². The highest BCUT2D eigenvalue weighted by atomic mass is 35.5. The van der Waals surface area contributed by atoms with Crippen LogP contribution in [0.2, 0.25) is 5.02 Å². The van der Waals surface area contributed by atoms with E-state index < -0.39 is 10.8 Å². The van der Waals surface area contributed by atoms with Crippen molar-refractivity contribution < 1.29 is 9.72 Å².